The van der Waals surface area contributed by atoms with Gasteiger partial charge in [-0.3, -0.25) is 9.59 Å². The molecule has 0 heterocycles. The Morgan fingerprint density at radius 1 is 1.33 bits per heavy atom. The van der Waals surface area contributed by atoms with Gasteiger partial charge in [0.15, 0.2) is 0 Å². The molecular formula is C15H21NO5. The summed E-state index contributed by atoms with van der Waals surface area (Å²) in [4.78, 5) is 22.5. The van der Waals surface area contributed by atoms with Gasteiger partial charge in [-0.15, -0.1) is 0 Å². The minimum Gasteiger partial charge on any atom is -0.496 e. The maximum atomic E-state index is 11.9. The van der Waals surface area contributed by atoms with Gasteiger partial charge >= 0.3 is 5.97 Å². The molecule has 1 amide bonds. The molecule has 0 bridgehead atoms. The third-order valence-electron chi connectivity index (χ3n) is 3.05. The standard InChI is InChI=1S/C15H21NO5/c1-10-4-5-13(21-3)11(6-10)7-14(17)16-9-12(20-2)8-15(18)19/h4-6,12H,7-9H2,1-3H3,(H,16,17)(H,18,19). The van der Waals surface area contributed by atoms with Crippen molar-refractivity contribution in [3.8, 4) is 5.75 Å². The zero-order chi connectivity index (χ0) is 15.8. The summed E-state index contributed by atoms with van der Waals surface area (Å²) < 4.78 is 10.2. The summed E-state index contributed by atoms with van der Waals surface area (Å²) in [5.74, 6) is -0.507. The Morgan fingerprint density at radius 3 is 2.62 bits per heavy atom. The fourth-order valence-electron chi connectivity index (χ4n) is 1.94. The molecule has 116 valence electrons. The van der Waals surface area contributed by atoms with Crippen molar-refractivity contribution in [2.45, 2.75) is 25.9 Å². The molecule has 0 saturated heterocycles. The predicted octanol–water partition coefficient (Wildman–Crippen LogP) is 1.15. The van der Waals surface area contributed by atoms with Crippen LogP contribution >= 0.6 is 0 Å². The molecule has 1 aromatic carbocycles. The molecule has 6 nitrogen and oxygen atoms in total. The van der Waals surface area contributed by atoms with Crippen molar-refractivity contribution in [1.82, 2.24) is 5.32 Å². The lowest BCUT2D eigenvalue weighted by molar-refractivity contribution is -0.140. The number of aryl methyl sites for hydroxylation is 1. The molecule has 21 heavy (non-hydrogen) atoms. The average Bonchev–Trinajstić information content (AvgIpc) is 2.43. The molecule has 0 fully saturated rings. The lowest BCUT2D eigenvalue weighted by atomic mass is 10.1. The second-order valence-corrected chi connectivity index (χ2v) is 4.75. The van der Waals surface area contributed by atoms with Crippen LogP contribution in [0.2, 0.25) is 0 Å². The van der Waals surface area contributed by atoms with Crippen molar-refractivity contribution in [2.75, 3.05) is 20.8 Å². The highest BCUT2D eigenvalue weighted by Gasteiger charge is 2.14. The van der Waals surface area contributed by atoms with Crippen LogP contribution < -0.4 is 10.1 Å². The number of carbonyl (C=O) groups excluding carboxylic acids is 1. The van der Waals surface area contributed by atoms with Gasteiger partial charge in [-0.05, 0) is 13.0 Å². The Hall–Kier alpha value is -2.08. The van der Waals surface area contributed by atoms with Gasteiger partial charge in [-0.25, -0.2) is 0 Å². The highest BCUT2D eigenvalue weighted by atomic mass is 16.5. The van der Waals surface area contributed by atoms with Crippen molar-refractivity contribution >= 4 is 11.9 Å². The average molecular weight is 295 g/mol. The maximum absolute atomic E-state index is 11.9. The van der Waals surface area contributed by atoms with Crippen LogP contribution in [0.25, 0.3) is 0 Å². The summed E-state index contributed by atoms with van der Waals surface area (Å²) in [6.45, 7) is 2.10. The van der Waals surface area contributed by atoms with Crippen molar-refractivity contribution < 1.29 is 24.2 Å². The third-order valence-corrected chi connectivity index (χ3v) is 3.05. The number of nitrogens with one attached hydrogen (secondary N) is 1. The molecule has 1 rings (SSSR count). The minimum atomic E-state index is -0.962. The van der Waals surface area contributed by atoms with E-state index >= 15 is 0 Å². The highest BCUT2D eigenvalue weighted by molar-refractivity contribution is 5.79. The van der Waals surface area contributed by atoms with Gasteiger partial charge < -0.3 is 19.9 Å². The molecule has 0 aromatic heterocycles. The first-order valence-corrected chi connectivity index (χ1v) is 6.61. The Labute approximate surface area is 124 Å². The normalized spacial score (nSPS) is 11.8. The molecule has 0 saturated carbocycles. The summed E-state index contributed by atoms with van der Waals surface area (Å²) in [5, 5.41) is 11.4. The number of rotatable bonds is 8. The highest BCUT2D eigenvalue weighted by Crippen LogP contribution is 2.20. The number of hydrogen-bond acceptors (Lipinski definition) is 4. The van der Waals surface area contributed by atoms with Crippen LogP contribution in [0.5, 0.6) is 5.75 Å². The van der Waals surface area contributed by atoms with E-state index in [0.29, 0.717) is 5.75 Å². The molecule has 6 heteroatoms. The van der Waals surface area contributed by atoms with E-state index in [9.17, 15) is 9.59 Å². The number of carbonyl (C=O) groups is 2. The topological polar surface area (TPSA) is 84.9 Å². The Kier molecular flexibility index (Phi) is 6.68. The van der Waals surface area contributed by atoms with Crippen molar-refractivity contribution in [3.63, 3.8) is 0 Å². The van der Waals surface area contributed by atoms with E-state index in [2.05, 4.69) is 5.32 Å². The summed E-state index contributed by atoms with van der Waals surface area (Å²) in [6.07, 6.45) is -0.510. The molecule has 0 aliphatic heterocycles. The van der Waals surface area contributed by atoms with E-state index in [-0.39, 0.29) is 25.3 Å². The molecule has 1 atom stereocenters. The predicted molar refractivity (Wildman–Crippen MR) is 77.5 cm³/mol. The smallest absolute Gasteiger partial charge is 0.306 e. The summed E-state index contributed by atoms with van der Waals surface area (Å²) >= 11 is 0. The van der Waals surface area contributed by atoms with Crippen molar-refractivity contribution in [3.05, 3.63) is 29.3 Å². The van der Waals surface area contributed by atoms with Gasteiger partial charge in [-0.1, -0.05) is 17.7 Å². The van der Waals surface area contributed by atoms with Crippen LogP contribution in [-0.2, 0) is 20.7 Å². The van der Waals surface area contributed by atoms with E-state index in [4.69, 9.17) is 14.6 Å². The van der Waals surface area contributed by atoms with Crippen LogP contribution in [0.3, 0.4) is 0 Å². The van der Waals surface area contributed by atoms with Crippen molar-refractivity contribution in [1.29, 1.82) is 0 Å². The number of carboxylic acid groups (broad SMARTS) is 1. The Morgan fingerprint density at radius 2 is 2.05 bits per heavy atom. The van der Waals surface area contributed by atoms with Gasteiger partial charge in [-0.2, -0.15) is 0 Å². The van der Waals surface area contributed by atoms with Gasteiger partial charge in [0, 0.05) is 19.2 Å². The van der Waals surface area contributed by atoms with E-state index in [1.807, 2.05) is 25.1 Å². The quantitative estimate of drug-likeness (QED) is 0.751. The Balaban J connectivity index is 2.57. The van der Waals surface area contributed by atoms with Crippen LogP contribution in [0.15, 0.2) is 18.2 Å². The molecular weight excluding hydrogens is 274 g/mol. The first-order valence-electron chi connectivity index (χ1n) is 6.61. The summed E-state index contributed by atoms with van der Waals surface area (Å²) in [6, 6.07) is 5.62. The maximum Gasteiger partial charge on any atom is 0.306 e. The van der Waals surface area contributed by atoms with Crippen LogP contribution in [-0.4, -0.2) is 43.9 Å². The van der Waals surface area contributed by atoms with E-state index < -0.39 is 12.1 Å². The van der Waals surface area contributed by atoms with E-state index in [1.54, 1.807) is 7.11 Å². The van der Waals surface area contributed by atoms with Gasteiger partial charge in [0.05, 0.1) is 26.1 Å². The molecule has 1 aromatic rings. The number of aliphatic carboxylic acids is 1. The number of carboxylic acids is 1. The Bertz CT molecular complexity index is 501. The molecule has 0 radical (unpaired) electrons. The van der Waals surface area contributed by atoms with Crippen LogP contribution in [0.4, 0.5) is 0 Å². The molecule has 1 unspecified atom stereocenters. The number of benzene rings is 1. The largest absolute Gasteiger partial charge is 0.496 e. The third kappa shape index (κ3) is 5.83. The van der Waals surface area contributed by atoms with Gasteiger partial charge in [0.25, 0.3) is 0 Å². The molecule has 0 aliphatic rings. The lowest BCUT2D eigenvalue weighted by Gasteiger charge is -2.14. The second-order valence-electron chi connectivity index (χ2n) is 4.75. The summed E-state index contributed by atoms with van der Waals surface area (Å²) in [7, 11) is 2.98. The second kappa shape index (κ2) is 8.26. The van der Waals surface area contributed by atoms with Crippen molar-refractivity contribution in [2.24, 2.45) is 0 Å². The number of hydrogen-bond donors (Lipinski definition) is 2. The lowest BCUT2D eigenvalue weighted by Crippen LogP contribution is -2.35. The number of amides is 1. The minimum absolute atomic E-state index is 0.148. The zero-order valence-corrected chi connectivity index (χ0v) is 12.5. The fourth-order valence-corrected chi connectivity index (χ4v) is 1.94. The monoisotopic (exact) mass is 295 g/mol. The molecule has 0 aliphatic carbocycles. The first kappa shape index (κ1) is 17.0. The molecule has 0 spiro atoms. The van der Waals surface area contributed by atoms with Gasteiger partial charge in [0.2, 0.25) is 5.91 Å². The van der Waals surface area contributed by atoms with Gasteiger partial charge in [0.1, 0.15) is 5.75 Å². The van der Waals surface area contributed by atoms with Crippen LogP contribution in [0, 0.1) is 6.92 Å². The van der Waals surface area contributed by atoms with Crippen LogP contribution in [0.1, 0.15) is 17.5 Å². The fraction of sp³-hybridized carbons (Fsp3) is 0.467. The summed E-state index contributed by atoms with van der Waals surface area (Å²) in [5.41, 5.74) is 1.83. The van der Waals surface area contributed by atoms with E-state index in [0.717, 1.165) is 11.1 Å². The first-order chi connectivity index (χ1) is 9.96. The SMILES string of the molecule is COc1ccc(C)cc1CC(=O)NCC(CC(=O)O)OC. The van der Waals surface area contributed by atoms with E-state index in [1.165, 1.54) is 7.11 Å². The number of ether oxygens (including phenoxy) is 2. The zero-order valence-electron chi connectivity index (χ0n) is 12.5. The molecule has 2 N–H and O–H groups in total. The number of methoxy groups -OCH3 is 2.